The molecule has 0 fully saturated rings. The lowest BCUT2D eigenvalue weighted by molar-refractivity contribution is 0.373. The van der Waals surface area contributed by atoms with Gasteiger partial charge in [-0.15, -0.1) is 0 Å². The SMILES string of the molecule is C=C/C=C\N=C(/C)COc1ccc(C)cc1C. The largest absolute Gasteiger partial charge is 0.487 e. The lowest BCUT2D eigenvalue weighted by atomic mass is 10.1. The zero-order valence-electron chi connectivity index (χ0n) is 10.7. The van der Waals surface area contributed by atoms with Crippen molar-refractivity contribution in [1.29, 1.82) is 0 Å². The van der Waals surface area contributed by atoms with E-state index >= 15 is 0 Å². The Morgan fingerprint density at radius 1 is 1.41 bits per heavy atom. The molecule has 0 unspecified atom stereocenters. The first-order valence-corrected chi connectivity index (χ1v) is 5.64. The van der Waals surface area contributed by atoms with E-state index in [1.54, 1.807) is 18.4 Å². The van der Waals surface area contributed by atoms with E-state index in [0.29, 0.717) is 6.61 Å². The van der Waals surface area contributed by atoms with Crippen molar-refractivity contribution in [2.45, 2.75) is 20.8 Å². The second-order valence-electron chi connectivity index (χ2n) is 4.00. The van der Waals surface area contributed by atoms with E-state index < -0.39 is 0 Å². The molecule has 0 N–H and O–H groups in total. The molecule has 0 aliphatic rings. The summed E-state index contributed by atoms with van der Waals surface area (Å²) in [4.78, 5) is 4.22. The predicted molar refractivity (Wildman–Crippen MR) is 73.9 cm³/mol. The first-order chi connectivity index (χ1) is 8.13. The Labute approximate surface area is 103 Å². The Bertz CT molecular complexity index is 444. The number of allylic oxidation sites excluding steroid dienone is 2. The topological polar surface area (TPSA) is 21.6 Å². The van der Waals surface area contributed by atoms with Gasteiger partial charge < -0.3 is 4.74 Å². The van der Waals surface area contributed by atoms with Gasteiger partial charge in [-0.3, -0.25) is 4.99 Å². The number of aryl methyl sites for hydroxylation is 2. The Balaban J connectivity index is 2.58. The summed E-state index contributed by atoms with van der Waals surface area (Å²) in [5, 5.41) is 0. The number of hydrogen-bond donors (Lipinski definition) is 0. The number of hydrogen-bond acceptors (Lipinski definition) is 2. The van der Waals surface area contributed by atoms with Crippen molar-refractivity contribution in [2.75, 3.05) is 6.61 Å². The highest BCUT2D eigenvalue weighted by Gasteiger charge is 1.99. The van der Waals surface area contributed by atoms with Crippen LogP contribution in [0.3, 0.4) is 0 Å². The fraction of sp³-hybridized carbons (Fsp3) is 0.267. The van der Waals surface area contributed by atoms with Gasteiger partial charge in [0.2, 0.25) is 0 Å². The normalized spacial score (nSPS) is 11.8. The van der Waals surface area contributed by atoms with Crippen LogP contribution in [0.4, 0.5) is 0 Å². The third-order valence-electron chi connectivity index (χ3n) is 2.28. The molecule has 0 aliphatic heterocycles. The van der Waals surface area contributed by atoms with Crippen LogP contribution >= 0.6 is 0 Å². The summed E-state index contributed by atoms with van der Waals surface area (Å²) < 4.78 is 5.69. The highest BCUT2D eigenvalue weighted by Crippen LogP contribution is 2.18. The van der Waals surface area contributed by atoms with Crippen molar-refractivity contribution < 1.29 is 4.74 Å². The lowest BCUT2D eigenvalue weighted by Gasteiger charge is -2.09. The Hall–Kier alpha value is -1.83. The van der Waals surface area contributed by atoms with Gasteiger partial charge in [-0.25, -0.2) is 0 Å². The first kappa shape index (κ1) is 13.2. The van der Waals surface area contributed by atoms with Crippen LogP contribution in [-0.2, 0) is 0 Å². The summed E-state index contributed by atoms with van der Waals surface area (Å²) in [7, 11) is 0. The van der Waals surface area contributed by atoms with Gasteiger partial charge in [-0.2, -0.15) is 0 Å². The fourth-order valence-electron chi connectivity index (χ4n) is 1.41. The second-order valence-corrected chi connectivity index (χ2v) is 4.00. The van der Waals surface area contributed by atoms with Crippen LogP contribution in [0, 0.1) is 13.8 Å². The van der Waals surface area contributed by atoms with E-state index in [9.17, 15) is 0 Å². The van der Waals surface area contributed by atoms with Crippen LogP contribution in [0.5, 0.6) is 5.75 Å². The summed E-state index contributed by atoms with van der Waals surface area (Å²) in [5.41, 5.74) is 3.33. The van der Waals surface area contributed by atoms with Crippen molar-refractivity contribution in [1.82, 2.24) is 0 Å². The fourth-order valence-corrected chi connectivity index (χ4v) is 1.41. The molecular formula is C15H19NO. The Morgan fingerprint density at radius 3 is 2.82 bits per heavy atom. The summed E-state index contributed by atoms with van der Waals surface area (Å²) in [6, 6.07) is 6.16. The molecule has 0 saturated carbocycles. The summed E-state index contributed by atoms with van der Waals surface area (Å²) >= 11 is 0. The summed E-state index contributed by atoms with van der Waals surface area (Å²) in [6.45, 7) is 10.2. The van der Waals surface area contributed by atoms with Gasteiger partial charge in [-0.05, 0) is 38.5 Å². The predicted octanol–water partition coefficient (Wildman–Crippen LogP) is 3.84. The van der Waals surface area contributed by atoms with Crippen molar-refractivity contribution in [2.24, 2.45) is 4.99 Å². The average molecular weight is 229 g/mol. The van der Waals surface area contributed by atoms with E-state index in [-0.39, 0.29) is 0 Å². The Kier molecular flexibility index (Phi) is 5.21. The van der Waals surface area contributed by atoms with Gasteiger partial charge in [0.1, 0.15) is 12.4 Å². The van der Waals surface area contributed by atoms with E-state index in [0.717, 1.165) is 17.0 Å². The van der Waals surface area contributed by atoms with Gasteiger partial charge in [-0.1, -0.05) is 30.4 Å². The number of nitrogens with zero attached hydrogens (tertiary/aromatic N) is 1. The van der Waals surface area contributed by atoms with E-state index in [2.05, 4.69) is 24.6 Å². The standard InChI is InChI=1S/C15H19NO/c1-5-6-9-16-14(4)11-17-15-8-7-12(2)10-13(15)3/h5-10H,1,11H2,2-4H3/b9-6-,16-14+. The molecule has 1 aromatic rings. The molecule has 0 amide bonds. The molecule has 1 rings (SSSR count). The maximum absolute atomic E-state index is 5.69. The first-order valence-electron chi connectivity index (χ1n) is 5.64. The molecule has 2 nitrogen and oxygen atoms in total. The van der Waals surface area contributed by atoms with Crippen LogP contribution in [-0.4, -0.2) is 12.3 Å². The molecule has 0 spiro atoms. The van der Waals surface area contributed by atoms with Crippen LogP contribution in [0.15, 0.2) is 48.1 Å². The van der Waals surface area contributed by atoms with Crippen molar-refractivity contribution in [3.63, 3.8) is 0 Å². The van der Waals surface area contributed by atoms with Crippen molar-refractivity contribution in [3.05, 3.63) is 54.3 Å². The summed E-state index contributed by atoms with van der Waals surface area (Å²) in [6.07, 6.45) is 5.20. The quantitative estimate of drug-likeness (QED) is 0.555. The Morgan fingerprint density at radius 2 is 2.18 bits per heavy atom. The number of aliphatic imine (C=N–C) groups is 1. The van der Waals surface area contributed by atoms with Gasteiger partial charge in [0.05, 0.1) is 5.71 Å². The van der Waals surface area contributed by atoms with E-state index in [4.69, 9.17) is 4.74 Å². The minimum absolute atomic E-state index is 0.505. The maximum atomic E-state index is 5.69. The minimum atomic E-state index is 0.505. The number of rotatable bonds is 5. The van der Waals surface area contributed by atoms with Crippen LogP contribution in [0.2, 0.25) is 0 Å². The monoisotopic (exact) mass is 229 g/mol. The molecular weight excluding hydrogens is 210 g/mol. The average Bonchev–Trinajstić information content (AvgIpc) is 2.28. The van der Waals surface area contributed by atoms with Gasteiger partial charge >= 0.3 is 0 Å². The van der Waals surface area contributed by atoms with Crippen LogP contribution in [0.1, 0.15) is 18.1 Å². The molecule has 90 valence electrons. The lowest BCUT2D eigenvalue weighted by Crippen LogP contribution is -2.07. The smallest absolute Gasteiger partial charge is 0.126 e. The molecule has 0 aliphatic carbocycles. The molecule has 1 aromatic carbocycles. The highest BCUT2D eigenvalue weighted by molar-refractivity contribution is 5.84. The zero-order chi connectivity index (χ0) is 12.7. The third kappa shape index (κ3) is 4.68. The molecule has 0 aromatic heterocycles. The van der Waals surface area contributed by atoms with E-state index in [1.165, 1.54) is 5.56 Å². The molecule has 0 saturated heterocycles. The maximum Gasteiger partial charge on any atom is 0.126 e. The van der Waals surface area contributed by atoms with Crippen molar-refractivity contribution >= 4 is 5.71 Å². The third-order valence-corrected chi connectivity index (χ3v) is 2.28. The number of benzene rings is 1. The van der Waals surface area contributed by atoms with Crippen LogP contribution in [0.25, 0.3) is 0 Å². The summed E-state index contributed by atoms with van der Waals surface area (Å²) in [5.74, 6) is 0.915. The van der Waals surface area contributed by atoms with Gasteiger partial charge in [0, 0.05) is 6.20 Å². The molecule has 17 heavy (non-hydrogen) atoms. The molecule has 0 atom stereocenters. The minimum Gasteiger partial charge on any atom is -0.487 e. The molecule has 0 bridgehead atoms. The molecule has 0 heterocycles. The zero-order valence-corrected chi connectivity index (χ0v) is 10.7. The van der Waals surface area contributed by atoms with Gasteiger partial charge in [0.15, 0.2) is 0 Å². The van der Waals surface area contributed by atoms with Crippen molar-refractivity contribution in [3.8, 4) is 5.75 Å². The molecule has 2 heteroatoms. The van der Waals surface area contributed by atoms with E-state index in [1.807, 2.05) is 26.0 Å². The van der Waals surface area contributed by atoms with Gasteiger partial charge in [0.25, 0.3) is 0 Å². The van der Waals surface area contributed by atoms with Crippen LogP contribution < -0.4 is 4.74 Å². The molecule has 0 radical (unpaired) electrons. The number of ether oxygens (including phenoxy) is 1. The highest BCUT2D eigenvalue weighted by atomic mass is 16.5. The second kappa shape index (κ2) is 6.69.